The molecule has 1 aliphatic carbocycles. The third-order valence-corrected chi connectivity index (χ3v) is 3.89. The van der Waals surface area contributed by atoms with Crippen molar-refractivity contribution in [2.45, 2.75) is 39.0 Å². The van der Waals surface area contributed by atoms with E-state index >= 15 is 0 Å². The van der Waals surface area contributed by atoms with Crippen molar-refractivity contribution in [3.8, 4) is 0 Å². The maximum absolute atomic E-state index is 12.3. The highest BCUT2D eigenvalue weighted by Gasteiger charge is 2.25. The summed E-state index contributed by atoms with van der Waals surface area (Å²) in [6.45, 7) is 1.79. The molecule has 0 aromatic carbocycles. The van der Waals surface area contributed by atoms with Crippen LogP contribution in [-0.4, -0.2) is 28.6 Å². The molecule has 6 nitrogen and oxygen atoms in total. The quantitative estimate of drug-likeness (QED) is 0.882. The minimum atomic E-state index is -0.243. The summed E-state index contributed by atoms with van der Waals surface area (Å²) in [4.78, 5) is 24.2. The average molecular weight is 278 g/mol. The molecule has 1 aromatic rings. The molecular weight excluding hydrogens is 256 g/mol. The first kappa shape index (κ1) is 14.6. The molecular formula is C14H22N4O2. The monoisotopic (exact) mass is 278 g/mol. The van der Waals surface area contributed by atoms with E-state index in [0.717, 1.165) is 25.7 Å². The van der Waals surface area contributed by atoms with Gasteiger partial charge in [0.05, 0.1) is 11.4 Å². The predicted molar refractivity (Wildman–Crippen MR) is 76.5 cm³/mol. The molecule has 0 radical (unpaired) electrons. The van der Waals surface area contributed by atoms with Gasteiger partial charge in [0.25, 0.3) is 5.91 Å². The van der Waals surface area contributed by atoms with Crippen molar-refractivity contribution in [1.82, 2.24) is 15.1 Å². The van der Waals surface area contributed by atoms with Gasteiger partial charge in [-0.05, 0) is 19.8 Å². The van der Waals surface area contributed by atoms with Gasteiger partial charge >= 0.3 is 0 Å². The number of nitrogens with zero attached hydrogens (tertiary/aromatic N) is 2. The topological polar surface area (TPSA) is 76.0 Å². The smallest absolute Gasteiger partial charge is 0.271 e. The normalized spacial score (nSPS) is 15.9. The van der Waals surface area contributed by atoms with E-state index in [-0.39, 0.29) is 17.7 Å². The molecule has 0 aliphatic heterocycles. The first-order valence-electron chi connectivity index (χ1n) is 7.11. The standard InChI is InChI=1S/C14H22N4O2/c1-9-11(12(14(20)15-2)18(3)17-9)16-13(19)10-7-5-4-6-8-10/h10H,4-8H2,1-3H3,(H,15,20)(H,16,19). The SMILES string of the molecule is CNC(=O)c1c(NC(=O)C2CCCCC2)c(C)nn1C. The van der Waals surface area contributed by atoms with Gasteiger partial charge in [0.15, 0.2) is 0 Å². The summed E-state index contributed by atoms with van der Waals surface area (Å²) >= 11 is 0. The molecule has 1 aromatic heterocycles. The van der Waals surface area contributed by atoms with Gasteiger partial charge in [0.1, 0.15) is 5.69 Å². The lowest BCUT2D eigenvalue weighted by Crippen LogP contribution is -2.27. The average Bonchev–Trinajstić information content (AvgIpc) is 2.73. The molecule has 1 aliphatic rings. The number of hydrogen-bond donors (Lipinski definition) is 2. The Balaban J connectivity index is 2.20. The second kappa shape index (κ2) is 6.07. The van der Waals surface area contributed by atoms with Gasteiger partial charge in [-0.25, -0.2) is 0 Å². The third-order valence-electron chi connectivity index (χ3n) is 3.89. The first-order valence-corrected chi connectivity index (χ1v) is 7.11. The van der Waals surface area contributed by atoms with Crippen LogP contribution in [0.3, 0.4) is 0 Å². The van der Waals surface area contributed by atoms with Gasteiger partial charge < -0.3 is 10.6 Å². The Labute approximate surface area is 118 Å². The van der Waals surface area contributed by atoms with Crippen LogP contribution >= 0.6 is 0 Å². The van der Waals surface area contributed by atoms with E-state index in [9.17, 15) is 9.59 Å². The Kier molecular flexibility index (Phi) is 4.42. The van der Waals surface area contributed by atoms with E-state index in [4.69, 9.17) is 0 Å². The van der Waals surface area contributed by atoms with Crippen molar-refractivity contribution in [3.63, 3.8) is 0 Å². The molecule has 1 heterocycles. The minimum Gasteiger partial charge on any atom is -0.354 e. The molecule has 2 N–H and O–H groups in total. The van der Waals surface area contributed by atoms with Crippen LogP contribution < -0.4 is 10.6 Å². The van der Waals surface area contributed by atoms with Gasteiger partial charge in [-0.15, -0.1) is 0 Å². The van der Waals surface area contributed by atoms with Crippen molar-refractivity contribution in [1.29, 1.82) is 0 Å². The Morgan fingerprint density at radius 2 is 1.90 bits per heavy atom. The minimum absolute atomic E-state index is 0.00551. The third kappa shape index (κ3) is 2.84. The summed E-state index contributed by atoms with van der Waals surface area (Å²) in [5, 5.41) is 9.70. The Hall–Kier alpha value is -1.85. The summed E-state index contributed by atoms with van der Waals surface area (Å²) in [5.41, 5.74) is 1.59. The fourth-order valence-electron chi connectivity index (χ4n) is 2.78. The highest BCUT2D eigenvalue weighted by molar-refractivity contribution is 6.03. The van der Waals surface area contributed by atoms with E-state index < -0.39 is 0 Å². The van der Waals surface area contributed by atoms with Gasteiger partial charge in [-0.2, -0.15) is 5.10 Å². The molecule has 2 rings (SSSR count). The molecule has 20 heavy (non-hydrogen) atoms. The van der Waals surface area contributed by atoms with Crippen LogP contribution in [0, 0.1) is 12.8 Å². The van der Waals surface area contributed by atoms with Crippen molar-refractivity contribution in [2.24, 2.45) is 13.0 Å². The molecule has 1 fully saturated rings. The largest absolute Gasteiger partial charge is 0.354 e. The van der Waals surface area contributed by atoms with Crippen LogP contribution in [0.25, 0.3) is 0 Å². The molecule has 1 saturated carbocycles. The Morgan fingerprint density at radius 1 is 1.25 bits per heavy atom. The van der Waals surface area contributed by atoms with E-state index in [2.05, 4.69) is 15.7 Å². The lowest BCUT2D eigenvalue weighted by Gasteiger charge is -2.20. The molecule has 0 bridgehead atoms. The predicted octanol–water partition coefficient (Wildman–Crippen LogP) is 1.61. The molecule has 0 unspecified atom stereocenters. The van der Waals surface area contributed by atoms with Crippen LogP contribution in [0.15, 0.2) is 0 Å². The molecule has 6 heteroatoms. The van der Waals surface area contributed by atoms with Gasteiger partial charge in [-0.1, -0.05) is 19.3 Å². The van der Waals surface area contributed by atoms with E-state index in [1.165, 1.54) is 11.1 Å². The highest BCUT2D eigenvalue weighted by Crippen LogP contribution is 2.26. The van der Waals surface area contributed by atoms with Gasteiger partial charge in [0.2, 0.25) is 5.91 Å². The Morgan fingerprint density at radius 3 is 2.50 bits per heavy atom. The first-order chi connectivity index (χ1) is 9.54. The van der Waals surface area contributed by atoms with E-state index in [1.807, 2.05) is 0 Å². The lowest BCUT2D eigenvalue weighted by atomic mass is 9.88. The lowest BCUT2D eigenvalue weighted by molar-refractivity contribution is -0.120. The summed E-state index contributed by atoms with van der Waals surface area (Å²) in [7, 11) is 3.27. The van der Waals surface area contributed by atoms with Crippen LogP contribution in [0.2, 0.25) is 0 Å². The number of carbonyl (C=O) groups is 2. The highest BCUT2D eigenvalue weighted by atomic mass is 16.2. The summed E-state index contributed by atoms with van der Waals surface area (Å²) in [5.74, 6) is -0.182. The second-order valence-electron chi connectivity index (χ2n) is 5.34. The number of amides is 2. The van der Waals surface area contributed by atoms with Crippen molar-refractivity contribution in [2.75, 3.05) is 12.4 Å². The molecule has 0 saturated heterocycles. The number of anilines is 1. The number of carbonyl (C=O) groups excluding carboxylic acids is 2. The van der Waals surface area contributed by atoms with Crippen molar-refractivity contribution < 1.29 is 9.59 Å². The maximum Gasteiger partial charge on any atom is 0.271 e. The zero-order valence-corrected chi connectivity index (χ0v) is 12.3. The molecule has 2 amide bonds. The van der Waals surface area contributed by atoms with Crippen LogP contribution in [0.4, 0.5) is 5.69 Å². The molecule has 0 spiro atoms. The van der Waals surface area contributed by atoms with Crippen LogP contribution in [-0.2, 0) is 11.8 Å². The maximum atomic E-state index is 12.3. The van der Waals surface area contributed by atoms with Crippen LogP contribution in [0.1, 0.15) is 48.3 Å². The summed E-state index contributed by atoms with van der Waals surface area (Å²) in [6, 6.07) is 0. The number of nitrogens with one attached hydrogen (secondary N) is 2. The van der Waals surface area contributed by atoms with Crippen molar-refractivity contribution >= 4 is 17.5 Å². The van der Waals surface area contributed by atoms with E-state index in [1.54, 1.807) is 21.0 Å². The van der Waals surface area contributed by atoms with Crippen molar-refractivity contribution in [3.05, 3.63) is 11.4 Å². The molecule has 110 valence electrons. The molecule has 0 atom stereocenters. The number of rotatable bonds is 3. The summed E-state index contributed by atoms with van der Waals surface area (Å²) < 4.78 is 1.50. The van der Waals surface area contributed by atoms with Crippen LogP contribution in [0.5, 0.6) is 0 Å². The zero-order chi connectivity index (χ0) is 14.7. The number of aromatic nitrogens is 2. The zero-order valence-electron chi connectivity index (χ0n) is 12.3. The van der Waals surface area contributed by atoms with E-state index in [0.29, 0.717) is 17.1 Å². The number of aryl methyl sites for hydroxylation is 2. The van der Waals surface area contributed by atoms with Gasteiger partial charge in [-0.3, -0.25) is 14.3 Å². The Bertz CT molecular complexity index is 515. The fourth-order valence-corrected chi connectivity index (χ4v) is 2.78. The van der Waals surface area contributed by atoms with Gasteiger partial charge in [0, 0.05) is 20.0 Å². The fraction of sp³-hybridized carbons (Fsp3) is 0.643. The second-order valence-corrected chi connectivity index (χ2v) is 5.34. The number of hydrogen-bond acceptors (Lipinski definition) is 3. The summed E-state index contributed by atoms with van der Waals surface area (Å²) in [6.07, 6.45) is 5.28.